The summed E-state index contributed by atoms with van der Waals surface area (Å²) in [7, 11) is 1.58. The second-order valence-corrected chi connectivity index (χ2v) is 6.61. The van der Waals surface area contributed by atoms with Crippen molar-refractivity contribution < 1.29 is 13.9 Å². The van der Waals surface area contributed by atoms with Gasteiger partial charge in [-0.3, -0.25) is 9.89 Å². The Kier molecular flexibility index (Phi) is 5.14. The number of benzene rings is 2. The van der Waals surface area contributed by atoms with Crippen LogP contribution >= 0.6 is 11.8 Å². The minimum Gasteiger partial charge on any atom is -0.497 e. The minimum absolute atomic E-state index is 0.0371. The van der Waals surface area contributed by atoms with Crippen molar-refractivity contribution in [2.45, 2.75) is 17.3 Å². The quantitative estimate of drug-likeness (QED) is 0.534. The maximum atomic E-state index is 13.8. The van der Waals surface area contributed by atoms with Gasteiger partial charge in [0.25, 0.3) is 0 Å². The molecule has 0 bridgehead atoms. The number of carbonyl (C=O) groups excluding carboxylic acids is 1. The fourth-order valence-electron chi connectivity index (χ4n) is 2.27. The van der Waals surface area contributed by atoms with Gasteiger partial charge in [0.05, 0.1) is 17.9 Å². The molecular formula is C18H16FN3O2S. The molecule has 0 aliphatic heterocycles. The predicted octanol–water partition coefficient (Wildman–Crippen LogP) is 3.98. The lowest BCUT2D eigenvalue weighted by atomic mass is 10.1. The molecule has 1 heterocycles. The number of Topliss-reactive ketones (excluding diaryl/α,β-unsaturated/α-hetero) is 1. The molecule has 5 nitrogen and oxygen atoms in total. The molecule has 2 aromatic carbocycles. The number of aromatic amines is 1. The Morgan fingerprint density at radius 1 is 1.20 bits per heavy atom. The summed E-state index contributed by atoms with van der Waals surface area (Å²) in [5.74, 6) is 0.618. The van der Waals surface area contributed by atoms with Crippen LogP contribution < -0.4 is 4.74 Å². The number of methoxy groups -OCH3 is 1. The third kappa shape index (κ3) is 3.88. The lowest BCUT2D eigenvalue weighted by molar-refractivity contribution is 0.0994. The molecule has 3 rings (SSSR count). The van der Waals surface area contributed by atoms with Crippen molar-refractivity contribution in [2.75, 3.05) is 7.11 Å². The molecule has 0 saturated heterocycles. The van der Waals surface area contributed by atoms with Crippen molar-refractivity contribution in [1.29, 1.82) is 0 Å². The van der Waals surface area contributed by atoms with E-state index in [4.69, 9.17) is 4.74 Å². The number of aromatic nitrogens is 3. The zero-order chi connectivity index (χ0) is 17.8. The molecule has 0 spiro atoms. The summed E-state index contributed by atoms with van der Waals surface area (Å²) in [5.41, 5.74) is 0.932. The Morgan fingerprint density at radius 3 is 2.60 bits per heavy atom. The lowest BCUT2D eigenvalue weighted by Gasteiger charge is -2.08. The van der Waals surface area contributed by atoms with Crippen molar-refractivity contribution in [2.24, 2.45) is 0 Å². The number of carbonyl (C=O) groups is 1. The summed E-state index contributed by atoms with van der Waals surface area (Å²) in [6.07, 6.45) is 0. The van der Waals surface area contributed by atoms with Gasteiger partial charge in [0.1, 0.15) is 11.6 Å². The van der Waals surface area contributed by atoms with Crippen LogP contribution in [0.15, 0.2) is 53.7 Å². The third-order valence-electron chi connectivity index (χ3n) is 3.62. The second kappa shape index (κ2) is 7.48. The molecule has 1 N–H and O–H groups in total. The highest BCUT2D eigenvalue weighted by atomic mass is 32.2. The van der Waals surface area contributed by atoms with Crippen molar-refractivity contribution in [3.05, 3.63) is 59.9 Å². The first-order chi connectivity index (χ1) is 12.1. The van der Waals surface area contributed by atoms with Crippen LogP contribution in [0.3, 0.4) is 0 Å². The molecule has 25 heavy (non-hydrogen) atoms. The maximum absolute atomic E-state index is 13.8. The molecule has 3 aromatic rings. The normalized spacial score (nSPS) is 12.0. The van der Waals surface area contributed by atoms with E-state index in [9.17, 15) is 9.18 Å². The van der Waals surface area contributed by atoms with Crippen LogP contribution in [0.5, 0.6) is 5.75 Å². The monoisotopic (exact) mass is 357 g/mol. The van der Waals surface area contributed by atoms with E-state index in [1.54, 1.807) is 56.5 Å². The molecule has 0 fully saturated rings. The van der Waals surface area contributed by atoms with E-state index in [1.807, 2.05) is 0 Å². The number of H-pyrrole nitrogens is 1. The minimum atomic E-state index is -0.377. The first-order valence-corrected chi connectivity index (χ1v) is 8.48. The van der Waals surface area contributed by atoms with E-state index in [0.717, 1.165) is 0 Å². The molecular weight excluding hydrogens is 341 g/mol. The third-order valence-corrected chi connectivity index (χ3v) is 4.58. The Hall–Kier alpha value is -2.67. The van der Waals surface area contributed by atoms with Crippen LogP contribution in [-0.4, -0.2) is 33.3 Å². The standard InChI is InChI=1S/C18H16FN3O2S/c1-11(16(23)12-7-9-13(24-2)10-8-12)25-18-20-17(21-22-18)14-5-3-4-6-15(14)19/h3-11H,1-2H3,(H,20,21,22)/t11-/m1/s1. The van der Waals surface area contributed by atoms with Crippen molar-refractivity contribution in [3.63, 3.8) is 0 Å². The van der Waals surface area contributed by atoms with Gasteiger partial charge in [-0.1, -0.05) is 23.9 Å². The SMILES string of the molecule is COc1ccc(C(=O)[C@@H](C)Sc2n[nH]c(-c3ccccc3F)n2)cc1. The molecule has 0 saturated carbocycles. The topological polar surface area (TPSA) is 67.9 Å². The number of hydrogen-bond acceptors (Lipinski definition) is 5. The van der Waals surface area contributed by atoms with E-state index in [1.165, 1.54) is 17.8 Å². The van der Waals surface area contributed by atoms with Gasteiger partial charge in [-0.05, 0) is 43.3 Å². The van der Waals surface area contributed by atoms with Crippen LogP contribution in [0.4, 0.5) is 4.39 Å². The number of nitrogens with zero attached hydrogens (tertiary/aromatic N) is 2. The summed E-state index contributed by atoms with van der Waals surface area (Å²) >= 11 is 1.22. The zero-order valence-electron chi connectivity index (χ0n) is 13.7. The first kappa shape index (κ1) is 17.2. The molecule has 1 aromatic heterocycles. The molecule has 0 aliphatic rings. The van der Waals surface area contributed by atoms with Crippen LogP contribution in [0.2, 0.25) is 0 Å². The largest absolute Gasteiger partial charge is 0.497 e. The predicted molar refractivity (Wildman–Crippen MR) is 94.4 cm³/mol. The summed E-state index contributed by atoms with van der Waals surface area (Å²) < 4.78 is 18.9. The molecule has 0 unspecified atom stereocenters. The fourth-order valence-corrected chi connectivity index (χ4v) is 3.08. The van der Waals surface area contributed by atoms with Crippen molar-refractivity contribution in [1.82, 2.24) is 15.2 Å². The molecule has 1 atom stereocenters. The highest BCUT2D eigenvalue weighted by Gasteiger charge is 2.19. The van der Waals surface area contributed by atoms with Gasteiger partial charge in [0.15, 0.2) is 11.6 Å². The van der Waals surface area contributed by atoms with Crippen LogP contribution in [0.25, 0.3) is 11.4 Å². The Labute approximate surface area is 148 Å². The molecule has 7 heteroatoms. The summed E-state index contributed by atoms with van der Waals surface area (Å²) in [4.78, 5) is 16.8. The van der Waals surface area contributed by atoms with E-state index in [0.29, 0.717) is 27.9 Å². The summed E-state index contributed by atoms with van der Waals surface area (Å²) in [6, 6.07) is 13.3. The molecule has 0 amide bonds. The lowest BCUT2D eigenvalue weighted by Crippen LogP contribution is -2.13. The number of halogens is 1. The van der Waals surface area contributed by atoms with Crippen LogP contribution in [0, 0.1) is 5.82 Å². The van der Waals surface area contributed by atoms with Crippen molar-refractivity contribution in [3.8, 4) is 17.1 Å². The zero-order valence-corrected chi connectivity index (χ0v) is 14.5. The van der Waals surface area contributed by atoms with Gasteiger partial charge in [-0.15, -0.1) is 5.10 Å². The molecule has 128 valence electrons. The Bertz CT molecular complexity index is 880. The van der Waals surface area contributed by atoms with E-state index in [2.05, 4.69) is 15.2 Å². The van der Waals surface area contributed by atoms with Gasteiger partial charge in [-0.25, -0.2) is 9.37 Å². The van der Waals surface area contributed by atoms with E-state index in [-0.39, 0.29) is 16.9 Å². The fraction of sp³-hybridized carbons (Fsp3) is 0.167. The number of nitrogens with one attached hydrogen (secondary N) is 1. The maximum Gasteiger partial charge on any atom is 0.209 e. The van der Waals surface area contributed by atoms with Gasteiger partial charge in [0.2, 0.25) is 5.16 Å². The highest BCUT2D eigenvalue weighted by molar-refractivity contribution is 8.00. The van der Waals surface area contributed by atoms with Crippen molar-refractivity contribution >= 4 is 17.5 Å². The Morgan fingerprint density at radius 2 is 1.92 bits per heavy atom. The first-order valence-electron chi connectivity index (χ1n) is 7.60. The van der Waals surface area contributed by atoms with Gasteiger partial charge >= 0.3 is 0 Å². The van der Waals surface area contributed by atoms with E-state index < -0.39 is 0 Å². The summed E-state index contributed by atoms with van der Waals surface area (Å²) in [5, 5.41) is 6.80. The smallest absolute Gasteiger partial charge is 0.209 e. The van der Waals surface area contributed by atoms with Gasteiger partial charge in [0, 0.05) is 5.56 Å². The number of ketones is 1. The molecule has 0 radical (unpaired) electrons. The number of hydrogen-bond donors (Lipinski definition) is 1. The molecule has 0 aliphatic carbocycles. The average Bonchev–Trinajstić information content (AvgIpc) is 3.09. The summed E-state index contributed by atoms with van der Waals surface area (Å²) in [6.45, 7) is 1.79. The second-order valence-electron chi connectivity index (χ2n) is 5.30. The highest BCUT2D eigenvalue weighted by Crippen LogP contribution is 2.26. The van der Waals surface area contributed by atoms with Gasteiger partial charge < -0.3 is 4.74 Å². The number of ether oxygens (including phenoxy) is 1. The number of rotatable bonds is 6. The van der Waals surface area contributed by atoms with E-state index >= 15 is 0 Å². The number of thioether (sulfide) groups is 1. The van der Waals surface area contributed by atoms with Gasteiger partial charge in [-0.2, -0.15) is 0 Å². The average molecular weight is 357 g/mol. The Balaban J connectivity index is 1.71. The van der Waals surface area contributed by atoms with Crippen LogP contribution in [0.1, 0.15) is 17.3 Å². The van der Waals surface area contributed by atoms with Crippen LogP contribution in [-0.2, 0) is 0 Å².